The quantitative estimate of drug-likeness (QED) is 0.501. The van der Waals surface area contributed by atoms with Crippen LogP contribution in [-0.2, 0) is 0 Å². The third kappa shape index (κ3) is 2.25. The molecule has 3 heteroatoms. The molecule has 1 aliphatic rings. The summed E-state index contributed by atoms with van der Waals surface area (Å²) in [6.07, 6.45) is 1.30. The summed E-state index contributed by atoms with van der Waals surface area (Å²) >= 11 is 0. The molecule has 0 heterocycles. The van der Waals surface area contributed by atoms with E-state index >= 15 is 0 Å². The summed E-state index contributed by atoms with van der Waals surface area (Å²) in [5.74, 6) is 0. The number of rotatable bonds is 3. The first-order valence-corrected chi connectivity index (χ1v) is 3.78. The molecule has 1 rings (SSSR count). The Kier molecular flexibility index (Phi) is 2.65. The number of nitrogens with one attached hydrogen (secondary N) is 1. The molecule has 0 saturated heterocycles. The number of hydrogen-bond donors (Lipinski definition) is 3. The van der Waals surface area contributed by atoms with Gasteiger partial charge in [-0.1, -0.05) is 0 Å². The van der Waals surface area contributed by atoms with Crippen molar-refractivity contribution in [2.24, 2.45) is 0 Å². The van der Waals surface area contributed by atoms with E-state index in [0.29, 0.717) is 12.6 Å². The predicted octanol–water partition coefficient (Wildman–Crippen LogP) is -0.520. The SMILES string of the molecule is C[C@H](O)CNC1CC(O)C1. The van der Waals surface area contributed by atoms with Crippen LogP contribution in [0.25, 0.3) is 0 Å². The topological polar surface area (TPSA) is 52.5 Å². The lowest BCUT2D eigenvalue weighted by Crippen LogP contribution is -2.46. The highest BCUT2D eigenvalue weighted by molar-refractivity contribution is 4.84. The molecule has 1 fully saturated rings. The zero-order chi connectivity index (χ0) is 7.56. The second-order valence-corrected chi connectivity index (χ2v) is 3.08. The molecule has 3 nitrogen and oxygen atoms in total. The monoisotopic (exact) mass is 145 g/mol. The summed E-state index contributed by atoms with van der Waals surface area (Å²) in [6.45, 7) is 2.39. The molecular weight excluding hydrogens is 130 g/mol. The molecule has 0 aromatic carbocycles. The van der Waals surface area contributed by atoms with Gasteiger partial charge in [0.1, 0.15) is 0 Å². The van der Waals surface area contributed by atoms with E-state index in [2.05, 4.69) is 5.32 Å². The summed E-state index contributed by atoms with van der Waals surface area (Å²) in [5, 5.41) is 20.9. The molecular formula is C7H15NO2. The highest BCUT2D eigenvalue weighted by atomic mass is 16.3. The largest absolute Gasteiger partial charge is 0.393 e. The van der Waals surface area contributed by atoms with Crippen LogP contribution in [0.3, 0.4) is 0 Å². The molecule has 0 radical (unpaired) electrons. The van der Waals surface area contributed by atoms with Gasteiger partial charge in [-0.2, -0.15) is 0 Å². The molecule has 60 valence electrons. The minimum absolute atomic E-state index is 0.105. The average molecular weight is 145 g/mol. The highest BCUT2D eigenvalue weighted by Gasteiger charge is 2.26. The third-order valence-electron chi connectivity index (χ3n) is 1.82. The Labute approximate surface area is 61.1 Å². The van der Waals surface area contributed by atoms with Gasteiger partial charge in [-0.05, 0) is 19.8 Å². The predicted molar refractivity (Wildman–Crippen MR) is 38.7 cm³/mol. The summed E-state index contributed by atoms with van der Waals surface area (Å²) in [5.41, 5.74) is 0. The van der Waals surface area contributed by atoms with E-state index in [1.165, 1.54) is 0 Å². The van der Waals surface area contributed by atoms with Gasteiger partial charge in [0.25, 0.3) is 0 Å². The second kappa shape index (κ2) is 3.32. The standard InChI is InChI=1S/C7H15NO2/c1-5(9)4-8-6-2-7(10)3-6/h5-10H,2-4H2,1H3/t5-,6?,7?/m0/s1. The molecule has 3 N–H and O–H groups in total. The van der Waals surface area contributed by atoms with E-state index in [0.717, 1.165) is 12.8 Å². The Morgan fingerprint density at radius 2 is 2.20 bits per heavy atom. The lowest BCUT2D eigenvalue weighted by molar-refractivity contribution is 0.0565. The van der Waals surface area contributed by atoms with Gasteiger partial charge in [0.05, 0.1) is 12.2 Å². The zero-order valence-electron chi connectivity index (χ0n) is 6.25. The Balaban J connectivity index is 1.95. The lowest BCUT2D eigenvalue weighted by atomic mass is 9.89. The van der Waals surface area contributed by atoms with Gasteiger partial charge in [-0.3, -0.25) is 0 Å². The van der Waals surface area contributed by atoms with Crippen LogP contribution >= 0.6 is 0 Å². The zero-order valence-corrected chi connectivity index (χ0v) is 6.25. The summed E-state index contributed by atoms with van der Waals surface area (Å²) in [7, 11) is 0. The Morgan fingerprint density at radius 1 is 1.60 bits per heavy atom. The van der Waals surface area contributed by atoms with Crippen molar-refractivity contribution in [2.45, 2.75) is 38.0 Å². The Hall–Kier alpha value is -0.120. The fourth-order valence-electron chi connectivity index (χ4n) is 1.09. The molecule has 0 aliphatic heterocycles. The fourth-order valence-corrected chi connectivity index (χ4v) is 1.09. The molecule has 0 amide bonds. The molecule has 1 aliphatic carbocycles. The minimum atomic E-state index is -0.280. The van der Waals surface area contributed by atoms with E-state index < -0.39 is 0 Å². The fraction of sp³-hybridized carbons (Fsp3) is 1.00. The summed E-state index contributed by atoms with van der Waals surface area (Å²) in [6, 6.07) is 0.435. The van der Waals surface area contributed by atoms with Crippen molar-refractivity contribution in [2.75, 3.05) is 6.54 Å². The first-order valence-electron chi connectivity index (χ1n) is 3.78. The Bertz CT molecular complexity index is 99.8. The highest BCUT2D eigenvalue weighted by Crippen LogP contribution is 2.18. The van der Waals surface area contributed by atoms with Gasteiger partial charge in [-0.15, -0.1) is 0 Å². The van der Waals surface area contributed by atoms with Crippen LogP contribution in [0.2, 0.25) is 0 Å². The minimum Gasteiger partial charge on any atom is -0.393 e. The maximum atomic E-state index is 8.88. The summed E-state index contributed by atoms with van der Waals surface area (Å²) < 4.78 is 0. The van der Waals surface area contributed by atoms with E-state index in [1.807, 2.05) is 0 Å². The molecule has 10 heavy (non-hydrogen) atoms. The van der Waals surface area contributed by atoms with Gasteiger partial charge >= 0.3 is 0 Å². The molecule has 1 saturated carbocycles. The van der Waals surface area contributed by atoms with Crippen molar-refractivity contribution in [1.29, 1.82) is 0 Å². The van der Waals surface area contributed by atoms with Crippen LogP contribution in [0, 0.1) is 0 Å². The molecule has 0 unspecified atom stereocenters. The van der Waals surface area contributed by atoms with Crippen LogP contribution in [-0.4, -0.2) is 35.0 Å². The third-order valence-corrected chi connectivity index (χ3v) is 1.82. The lowest BCUT2D eigenvalue weighted by Gasteiger charge is -2.32. The molecule has 0 aromatic heterocycles. The van der Waals surface area contributed by atoms with Crippen molar-refractivity contribution >= 4 is 0 Å². The van der Waals surface area contributed by atoms with Crippen LogP contribution in [0.4, 0.5) is 0 Å². The van der Waals surface area contributed by atoms with Crippen molar-refractivity contribution in [3.8, 4) is 0 Å². The number of hydrogen-bond acceptors (Lipinski definition) is 3. The molecule has 0 bridgehead atoms. The van der Waals surface area contributed by atoms with E-state index in [-0.39, 0.29) is 12.2 Å². The maximum Gasteiger partial charge on any atom is 0.0636 e. The molecule has 0 aromatic rings. The van der Waals surface area contributed by atoms with Gasteiger partial charge in [0, 0.05) is 12.6 Å². The second-order valence-electron chi connectivity index (χ2n) is 3.08. The molecule has 1 atom stereocenters. The first kappa shape index (κ1) is 7.98. The maximum absolute atomic E-state index is 8.88. The van der Waals surface area contributed by atoms with Crippen molar-refractivity contribution < 1.29 is 10.2 Å². The van der Waals surface area contributed by atoms with Crippen molar-refractivity contribution in [1.82, 2.24) is 5.32 Å². The van der Waals surface area contributed by atoms with Crippen molar-refractivity contribution in [3.63, 3.8) is 0 Å². The number of aliphatic hydroxyl groups excluding tert-OH is 2. The van der Waals surface area contributed by atoms with Gasteiger partial charge in [0.15, 0.2) is 0 Å². The van der Waals surface area contributed by atoms with Crippen molar-refractivity contribution in [3.05, 3.63) is 0 Å². The van der Waals surface area contributed by atoms with E-state index in [1.54, 1.807) is 6.92 Å². The summed E-state index contributed by atoms with van der Waals surface area (Å²) in [4.78, 5) is 0. The smallest absolute Gasteiger partial charge is 0.0636 e. The molecule has 0 spiro atoms. The van der Waals surface area contributed by atoms with Crippen LogP contribution in [0.15, 0.2) is 0 Å². The Morgan fingerprint density at radius 3 is 2.60 bits per heavy atom. The van der Waals surface area contributed by atoms with Crippen LogP contribution < -0.4 is 5.32 Å². The van der Waals surface area contributed by atoms with Gasteiger partial charge < -0.3 is 15.5 Å². The number of aliphatic hydroxyl groups is 2. The van der Waals surface area contributed by atoms with Gasteiger partial charge in [0.2, 0.25) is 0 Å². The van der Waals surface area contributed by atoms with Crippen LogP contribution in [0.1, 0.15) is 19.8 Å². The van der Waals surface area contributed by atoms with E-state index in [4.69, 9.17) is 10.2 Å². The average Bonchev–Trinajstić information content (AvgIpc) is 1.77. The van der Waals surface area contributed by atoms with Gasteiger partial charge in [-0.25, -0.2) is 0 Å². The van der Waals surface area contributed by atoms with Crippen LogP contribution in [0.5, 0.6) is 0 Å². The van der Waals surface area contributed by atoms with E-state index in [9.17, 15) is 0 Å². The first-order chi connectivity index (χ1) is 4.68. The normalized spacial score (nSPS) is 35.1.